The minimum absolute atomic E-state index is 0.233. The molecule has 6 heteroatoms. The monoisotopic (exact) mass is 270 g/mol. The Kier molecular flexibility index (Phi) is 2.98. The van der Waals surface area contributed by atoms with Crippen molar-refractivity contribution in [1.82, 2.24) is 19.3 Å². The van der Waals surface area contributed by atoms with Crippen LogP contribution in [0.1, 0.15) is 15.9 Å². The molecule has 1 N–H and O–H groups in total. The maximum Gasteiger partial charge on any atom is 0.337 e. The van der Waals surface area contributed by atoms with Gasteiger partial charge in [-0.3, -0.25) is 4.68 Å². The molecule has 0 atom stereocenters. The van der Waals surface area contributed by atoms with E-state index in [1.54, 1.807) is 18.5 Å². The van der Waals surface area contributed by atoms with Crippen molar-refractivity contribution in [3.63, 3.8) is 0 Å². The first-order valence-corrected chi connectivity index (χ1v) is 6.31. The summed E-state index contributed by atoms with van der Waals surface area (Å²) in [7, 11) is 0. The maximum absolute atomic E-state index is 11.1. The SMILES string of the molecule is Cc1cnn(CCn2cnc3c(C(=O)O)cccc32)c1. The number of carboxylic acids is 1. The third kappa shape index (κ3) is 2.16. The van der Waals surface area contributed by atoms with E-state index in [0.717, 1.165) is 17.6 Å². The largest absolute Gasteiger partial charge is 0.478 e. The highest BCUT2D eigenvalue weighted by Crippen LogP contribution is 2.17. The van der Waals surface area contributed by atoms with Crippen molar-refractivity contribution >= 4 is 17.0 Å². The Labute approximate surface area is 115 Å². The van der Waals surface area contributed by atoms with Gasteiger partial charge in [-0.2, -0.15) is 5.10 Å². The zero-order chi connectivity index (χ0) is 14.1. The van der Waals surface area contributed by atoms with Gasteiger partial charge < -0.3 is 9.67 Å². The summed E-state index contributed by atoms with van der Waals surface area (Å²) in [6.45, 7) is 3.41. The lowest BCUT2D eigenvalue weighted by molar-refractivity contribution is 0.0699. The Balaban J connectivity index is 1.89. The molecule has 0 unspecified atom stereocenters. The predicted octanol–water partition coefficient (Wildman–Crippen LogP) is 1.94. The Morgan fingerprint density at radius 1 is 1.35 bits per heavy atom. The molecule has 0 saturated heterocycles. The van der Waals surface area contributed by atoms with Gasteiger partial charge in [-0.05, 0) is 24.6 Å². The molecule has 0 aliphatic rings. The molecule has 0 fully saturated rings. The zero-order valence-electron chi connectivity index (χ0n) is 11.0. The molecule has 2 heterocycles. The second-order valence-electron chi connectivity index (χ2n) is 4.70. The number of para-hydroxylation sites is 1. The van der Waals surface area contributed by atoms with Crippen molar-refractivity contribution in [2.24, 2.45) is 0 Å². The quantitative estimate of drug-likeness (QED) is 0.786. The van der Waals surface area contributed by atoms with Crippen molar-refractivity contribution in [1.29, 1.82) is 0 Å². The number of nitrogens with zero attached hydrogens (tertiary/aromatic N) is 4. The van der Waals surface area contributed by atoms with Crippen LogP contribution in [0.15, 0.2) is 36.9 Å². The Morgan fingerprint density at radius 2 is 2.20 bits per heavy atom. The van der Waals surface area contributed by atoms with Crippen molar-refractivity contribution in [3.05, 3.63) is 48.0 Å². The van der Waals surface area contributed by atoms with Crippen LogP contribution in [0.2, 0.25) is 0 Å². The lowest BCUT2D eigenvalue weighted by Crippen LogP contribution is -2.07. The molecule has 0 aliphatic carbocycles. The van der Waals surface area contributed by atoms with Crippen LogP contribution >= 0.6 is 0 Å². The molecular weight excluding hydrogens is 256 g/mol. The molecule has 3 aromatic rings. The van der Waals surface area contributed by atoms with Crippen molar-refractivity contribution in [2.75, 3.05) is 0 Å². The summed E-state index contributed by atoms with van der Waals surface area (Å²) in [5.74, 6) is -0.955. The molecule has 6 nitrogen and oxygen atoms in total. The normalized spacial score (nSPS) is 11.1. The zero-order valence-corrected chi connectivity index (χ0v) is 11.0. The second kappa shape index (κ2) is 4.80. The summed E-state index contributed by atoms with van der Waals surface area (Å²) >= 11 is 0. The van der Waals surface area contributed by atoms with Gasteiger partial charge in [-0.15, -0.1) is 0 Å². The van der Waals surface area contributed by atoms with Gasteiger partial charge in [0.05, 0.1) is 30.1 Å². The van der Waals surface area contributed by atoms with Gasteiger partial charge >= 0.3 is 5.97 Å². The molecule has 1 aromatic carbocycles. The van der Waals surface area contributed by atoms with E-state index in [0.29, 0.717) is 12.1 Å². The summed E-state index contributed by atoms with van der Waals surface area (Å²) in [6, 6.07) is 5.18. The predicted molar refractivity (Wildman–Crippen MR) is 73.7 cm³/mol. The van der Waals surface area contributed by atoms with Crippen LogP contribution in [0.4, 0.5) is 0 Å². The first-order chi connectivity index (χ1) is 9.65. The van der Waals surface area contributed by atoms with Crippen molar-refractivity contribution in [3.8, 4) is 0 Å². The van der Waals surface area contributed by atoms with Crippen LogP contribution in [-0.4, -0.2) is 30.4 Å². The number of aromatic carboxylic acids is 1. The fraction of sp³-hybridized carbons (Fsp3) is 0.214. The highest BCUT2D eigenvalue weighted by molar-refractivity contribution is 6.00. The number of aryl methyl sites for hydroxylation is 3. The van der Waals surface area contributed by atoms with E-state index < -0.39 is 5.97 Å². The summed E-state index contributed by atoms with van der Waals surface area (Å²) in [6.07, 6.45) is 5.46. The number of rotatable bonds is 4. The van der Waals surface area contributed by atoms with Crippen molar-refractivity contribution < 1.29 is 9.90 Å². The average Bonchev–Trinajstić information content (AvgIpc) is 3.02. The standard InChI is InChI=1S/C14H14N4O2/c1-10-7-16-18(8-10)6-5-17-9-15-13-11(14(19)20)3-2-4-12(13)17/h2-4,7-9H,5-6H2,1H3,(H,19,20). The van der Waals surface area contributed by atoms with Crippen molar-refractivity contribution in [2.45, 2.75) is 20.0 Å². The van der Waals surface area contributed by atoms with Gasteiger partial charge in [-0.1, -0.05) is 6.07 Å². The Morgan fingerprint density at radius 3 is 2.90 bits per heavy atom. The first-order valence-electron chi connectivity index (χ1n) is 6.31. The van der Waals surface area contributed by atoms with E-state index in [-0.39, 0.29) is 5.56 Å². The van der Waals surface area contributed by atoms with Crippen LogP contribution in [0, 0.1) is 6.92 Å². The Bertz CT molecular complexity index is 772. The van der Waals surface area contributed by atoms with Crippen LogP contribution in [0.5, 0.6) is 0 Å². The number of aromatic nitrogens is 4. The van der Waals surface area contributed by atoms with Crippen LogP contribution in [-0.2, 0) is 13.1 Å². The number of imidazole rings is 1. The lowest BCUT2D eigenvalue weighted by atomic mass is 10.2. The third-order valence-corrected chi connectivity index (χ3v) is 3.21. The molecule has 0 amide bonds. The molecule has 0 saturated carbocycles. The van der Waals surface area contributed by atoms with E-state index >= 15 is 0 Å². The minimum Gasteiger partial charge on any atom is -0.478 e. The van der Waals surface area contributed by atoms with Crippen LogP contribution in [0.25, 0.3) is 11.0 Å². The molecule has 0 aliphatic heterocycles. The molecule has 3 rings (SSSR count). The summed E-state index contributed by atoms with van der Waals surface area (Å²) in [5, 5.41) is 13.4. The summed E-state index contributed by atoms with van der Waals surface area (Å²) in [5.41, 5.74) is 2.70. The number of benzene rings is 1. The second-order valence-corrected chi connectivity index (χ2v) is 4.70. The fourth-order valence-electron chi connectivity index (χ4n) is 2.24. The molecule has 102 valence electrons. The van der Waals surface area contributed by atoms with E-state index in [1.807, 2.05) is 34.6 Å². The number of carboxylic acid groups (broad SMARTS) is 1. The Hall–Kier alpha value is -2.63. The molecule has 2 aromatic heterocycles. The summed E-state index contributed by atoms with van der Waals surface area (Å²) < 4.78 is 3.81. The number of hydrogen-bond acceptors (Lipinski definition) is 3. The topological polar surface area (TPSA) is 72.9 Å². The first kappa shape index (κ1) is 12.4. The van der Waals surface area contributed by atoms with Crippen LogP contribution < -0.4 is 0 Å². The van der Waals surface area contributed by atoms with Gasteiger partial charge in [0.1, 0.15) is 5.52 Å². The number of carbonyl (C=O) groups is 1. The van der Waals surface area contributed by atoms with E-state index in [1.165, 1.54) is 0 Å². The van der Waals surface area contributed by atoms with Gasteiger partial charge in [-0.25, -0.2) is 9.78 Å². The van der Waals surface area contributed by atoms with E-state index in [2.05, 4.69) is 10.1 Å². The molecule has 20 heavy (non-hydrogen) atoms. The highest BCUT2D eigenvalue weighted by atomic mass is 16.4. The molecule has 0 bridgehead atoms. The summed E-state index contributed by atoms with van der Waals surface area (Å²) in [4.78, 5) is 15.4. The van der Waals surface area contributed by atoms with Crippen LogP contribution in [0.3, 0.4) is 0 Å². The van der Waals surface area contributed by atoms with Gasteiger partial charge in [0, 0.05) is 12.7 Å². The molecule has 0 radical (unpaired) electrons. The number of hydrogen-bond donors (Lipinski definition) is 1. The molecule has 0 spiro atoms. The van der Waals surface area contributed by atoms with Gasteiger partial charge in [0.2, 0.25) is 0 Å². The maximum atomic E-state index is 11.1. The number of fused-ring (bicyclic) bond motifs is 1. The van der Waals surface area contributed by atoms with Gasteiger partial charge in [0.15, 0.2) is 0 Å². The van der Waals surface area contributed by atoms with E-state index in [9.17, 15) is 4.79 Å². The smallest absolute Gasteiger partial charge is 0.337 e. The average molecular weight is 270 g/mol. The molecular formula is C14H14N4O2. The fourth-order valence-corrected chi connectivity index (χ4v) is 2.24. The minimum atomic E-state index is -0.955. The lowest BCUT2D eigenvalue weighted by Gasteiger charge is -2.05. The highest BCUT2D eigenvalue weighted by Gasteiger charge is 2.12. The third-order valence-electron chi connectivity index (χ3n) is 3.21. The van der Waals surface area contributed by atoms with E-state index in [4.69, 9.17) is 5.11 Å². The van der Waals surface area contributed by atoms with Gasteiger partial charge in [0.25, 0.3) is 0 Å².